The third kappa shape index (κ3) is 6.01. The summed E-state index contributed by atoms with van der Waals surface area (Å²) < 4.78 is 16.5. The van der Waals surface area contributed by atoms with Gasteiger partial charge in [0.1, 0.15) is 17.6 Å². The standard InChI is InChI=1S/C24H28N2O5/c1-5-29-21-14-18-12-16(2)31-22(18)13-17(21)6-11-24(28)30-15-23(27)25-19-7-9-20(10-8-19)26(3)4/h6-11,13-14,16H,5,12,15H2,1-4H3,(H,25,27)/b11-6+/t16-/m1/s1. The molecule has 0 saturated heterocycles. The molecule has 0 saturated carbocycles. The Balaban J connectivity index is 1.55. The van der Waals surface area contributed by atoms with Gasteiger partial charge in [0.25, 0.3) is 5.91 Å². The number of benzene rings is 2. The molecule has 7 nitrogen and oxygen atoms in total. The lowest BCUT2D eigenvalue weighted by Gasteiger charge is -2.13. The van der Waals surface area contributed by atoms with Gasteiger partial charge < -0.3 is 24.4 Å². The molecule has 1 atom stereocenters. The van der Waals surface area contributed by atoms with E-state index in [2.05, 4.69) is 5.32 Å². The van der Waals surface area contributed by atoms with Crippen molar-refractivity contribution in [3.8, 4) is 11.5 Å². The number of carbonyl (C=O) groups is 2. The van der Waals surface area contributed by atoms with E-state index in [4.69, 9.17) is 14.2 Å². The maximum atomic E-state index is 12.1. The zero-order chi connectivity index (χ0) is 22.4. The van der Waals surface area contributed by atoms with Gasteiger partial charge in [-0.2, -0.15) is 0 Å². The number of nitrogens with one attached hydrogen (secondary N) is 1. The molecule has 0 radical (unpaired) electrons. The van der Waals surface area contributed by atoms with E-state index in [0.717, 1.165) is 29.0 Å². The van der Waals surface area contributed by atoms with Gasteiger partial charge in [-0.05, 0) is 56.3 Å². The van der Waals surface area contributed by atoms with E-state index < -0.39 is 11.9 Å². The summed E-state index contributed by atoms with van der Waals surface area (Å²) in [4.78, 5) is 26.1. The lowest BCUT2D eigenvalue weighted by Crippen LogP contribution is -2.20. The van der Waals surface area contributed by atoms with E-state index in [-0.39, 0.29) is 12.7 Å². The van der Waals surface area contributed by atoms with Crippen molar-refractivity contribution in [2.45, 2.75) is 26.4 Å². The highest BCUT2D eigenvalue weighted by Crippen LogP contribution is 2.35. The fourth-order valence-electron chi connectivity index (χ4n) is 3.25. The van der Waals surface area contributed by atoms with Crippen molar-refractivity contribution < 1.29 is 23.8 Å². The zero-order valence-electron chi connectivity index (χ0n) is 18.3. The summed E-state index contributed by atoms with van der Waals surface area (Å²) in [5.41, 5.74) is 3.46. The first kappa shape index (κ1) is 22.2. The molecular formula is C24H28N2O5. The summed E-state index contributed by atoms with van der Waals surface area (Å²) in [7, 11) is 3.88. The Labute approximate surface area is 182 Å². The van der Waals surface area contributed by atoms with Crippen LogP contribution >= 0.6 is 0 Å². The molecule has 0 aliphatic carbocycles. The minimum absolute atomic E-state index is 0.117. The molecule has 0 spiro atoms. The Kier molecular flexibility index (Phi) is 7.18. The molecule has 1 heterocycles. The summed E-state index contributed by atoms with van der Waals surface area (Å²) in [6.45, 7) is 4.05. The van der Waals surface area contributed by atoms with Gasteiger partial charge in [0, 0.05) is 49.1 Å². The maximum Gasteiger partial charge on any atom is 0.331 e. The number of nitrogens with zero attached hydrogens (tertiary/aromatic N) is 1. The maximum absolute atomic E-state index is 12.1. The molecule has 1 aliphatic rings. The van der Waals surface area contributed by atoms with E-state index in [1.54, 1.807) is 18.2 Å². The Hall–Kier alpha value is -3.48. The molecule has 0 unspecified atom stereocenters. The van der Waals surface area contributed by atoms with Crippen LogP contribution in [-0.4, -0.2) is 45.3 Å². The quantitative estimate of drug-likeness (QED) is 0.515. The molecule has 1 N–H and O–H groups in total. The number of fused-ring (bicyclic) bond motifs is 1. The molecule has 0 fully saturated rings. The van der Waals surface area contributed by atoms with Gasteiger partial charge in [-0.25, -0.2) is 4.79 Å². The van der Waals surface area contributed by atoms with Crippen LogP contribution in [0.15, 0.2) is 42.5 Å². The van der Waals surface area contributed by atoms with Crippen LogP contribution in [0.1, 0.15) is 25.0 Å². The number of amides is 1. The Morgan fingerprint density at radius 2 is 1.97 bits per heavy atom. The first-order chi connectivity index (χ1) is 14.9. The van der Waals surface area contributed by atoms with Crippen molar-refractivity contribution in [2.75, 3.05) is 37.5 Å². The van der Waals surface area contributed by atoms with Gasteiger partial charge in [-0.1, -0.05) is 0 Å². The highest BCUT2D eigenvalue weighted by molar-refractivity contribution is 5.94. The lowest BCUT2D eigenvalue weighted by molar-refractivity contribution is -0.142. The molecule has 7 heteroatoms. The molecule has 1 amide bonds. The second kappa shape index (κ2) is 10.0. The third-order valence-electron chi connectivity index (χ3n) is 4.74. The van der Waals surface area contributed by atoms with Crippen LogP contribution in [0.2, 0.25) is 0 Å². The molecule has 31 heavy (non-hydrogen) atoms. The minimum Gasteiger partial charge on any atom is -0.493 e. The van der Waals surface area contributed by atoms with E-state index in [0.29, 0.717) is 18.0 Å². The monoisotopic (exact) mass is 424 g/mol. The Bertz CT molecular complexity index is 967. The van der Waals surface area contributed by atoms with Crippen LogP contribution in [0, 0.1) is 0 Å². The Morgan fingerprint density at radius 3 is 2.65 bits per heavy atom. The third-order valence-corrected chi connectivity index (χ3v) is 4.74. The van der Waals surface area contributed by atoms with Crippen LogP contribution in [0.5, 0.6) is 11.5 Å². The first-order valence-corrected chi connectivity index (χ1v) is 10.2. The summed E-state index contributed by atoms with van der Waals surface area (Å²) in [6, 6.07) is 11.2. The second-order valence-electron chi connectivity index (χ2n) is 7.49. The predicted molar refractivity (Wildman–Crippen MR) is 121 cm³/mol. The summed E-state index contributed by atoms with van der Waals surface area (Å²) in [5.74, 6) is 0.454. The van der Waals surface area contributed by atoms with E-state index in [9.17, 15) is 9.59 Å². The van der Waals surface area contributed by atoms with Crippen molar-refractivity contribution in [3.05, 3.63) is 53.6 Å². The minimum atomic E-state index is -0.615. The smallest absolute Gasteiger partial charge is 0.331 e. The number of hydrogen-bond acceptors (Lipinski definition) is 6. The van der Waals surface area contributed by atoms with Crippen LogP contribution in [-0.2, 0) is 20.7 Å². The van der Waals surface area contributed by atoms with Gasteiger partial charge in [0.15, 0.2) is 6.61 Å². The molecule has 3 rings (SSSR count). The van der Waals surface area contributed by atoms with E-state index in [1.807, 2.05) is 57.1 Å². The molecule has 164 valence electrons. The van der Waals surface area contributed by atoms with Gasteiger partial charge in [-0.15, -0.1) is 0 Å². The van der Waals surface area contributed by atoms with Crippen molar-refractivity contribution in [3.63, 3.8) is 0 Å². The Morgan fingerprint density at radius 1 is 1.23 bits per heavy atom. The van der Waals surface area contributed by atoms with Crippen LogP contribution in [0.4, 0.5) is 11.4 Å². The fraction of sp³-hybridized carbons (Fsp3) is 0.333. The molecular weight excluding hydrogens is 396 g/mol. The van der Waals surface area contributed by atoms with Crippen LogP contribution < -0.4 is 19.7 Å². The van der Waals surface area contributed by atoms with Gasteiger partial charge >= 0.3 is 5.97 Å². The number of hydrogen-bond donors (Lipinski definition) is 1. The van der Waals surface area contributed by atoms with Gasteiger partial charge in [0.05, 0.1) is 6.61 Å². The van der Waals surface area contributed by atoms with E-state index >= 15 is 0 Å². The fourth-order valence-corrected chi connectivity index (χ4v) is 3.25. The highest BCUT2D eigenvalue weighted by atomic mass is 16.5. The van der Waals surface area contributed by atoms with Gasteiger partial charge in [0.2, 0.25) is 0 Å². The number of carbonyl (C=O) groups excluding carboxylic acids is 2. The van der Waals surface area contributed by atoms with Crippen LogP contribution in [0.3, 0.4) is 0 Å². The number of rotatable bonds is 8. The molecule has 2 aromatic rings. The first-order valence-electron chi connectivity index (χ1n) is 10.2. The molecule has 2 aromatic carbocycles. The average Bonchev–Trinajstić information content (AvgIpc) is 3.10. The molecule has 0 bridgehead atoms. The second-order valence-corrected chi connectivity index (χ2v) is 7.49. The van der Waals surface area contributed by atoms with Gasteiger partial charge in [-0.3, -0.25) is 4.79 Å². The summed E-state index contributed by atoms with van der Waals surface area (Å²) >= 11 is 0. The van der Waals surface area contributed by atoms with Crippen molar-refractivity contribution in [1.82, 2.24) is 0 Å². The normalized spacial score (nSPS) is 14.6. The lowest BCUT2D eigenvalue weighted by atomic mass is 10.1. The van der Waals surface area contributed by atoms with Crippen molar-refractivity contribution in [1.29, 1.82) is 0 Å². The number of ether oxygens (including phenoxy) is 3. The summed E-state index contributed by atoms with van der Waals surface area (Å²) in [5, 5.41) is 2.70. The largest absolute Gasteiger partial charge is 0.493 e. The number of anilines is 2. The van der Waals surface area contributed by atoms with Crippen molar-refractivity contribution >= 4 is 29.3 Å². The summed E-state index contributed by atoms with van der Waals surface area (Å²) in [6.07, 6.45) is 3.83. The number of esters is 1. The van der Waals surface area contributed by atoms with Crippen molar-refractivity contribution in [2.24, 2.45) is 0 Å². The van der Waals surface area contributed by atoms with E-state index in [1.165, 1.54) is 6.08 Å². The highest BCUT2D eigenvalue weighted by Gasteiger charge is 2.21. The van der Waals surface area contributed by atoms with Crippen LogP contribution in [0.25, 0.3) is 6.08 Å². The zero-order valence-corrected chi connectivity index (χ0v) is 18.3. The average molecular weight is 424 g/mol. The predicted octanol–water partition coefficient (Wildman–Crippen LogP) is 3.67. The molecule has 1 aliphatic heterocycles. The molecule has 0 aromatic heterocycles. The topological polar surface area (TPSA) is 77.1 Å². The SMILES string of the molecule is CCOc1cc2c(cc1/C=C/C(=O)OCC(=O)Nc1ccc(N(C)C)cc1)O[C@H](C)C2.